The lowest BCUT2D eigenvalue weighted by atomic mass is 10.1. The van der Waals surface area contributed by atoms with Gasteiger partial charge >= 0.3 is 0 Å². The van der Waals surface area contributed by atoms with Crippen LogP contribution in [0.25, 0.3) is 0 Å². The van der Waals surface area contributed by atoms with Crippen molar-refractivity contribution in [2.24, 2.45) is 0 Å². The molecule has 0 aliphatic rings. The molecule has 8 nitrogen and oxygen atoms in total. The summed E-state index contributed by atoms with van der Waals surface area (Å²) in [4.78, 5) is 10.6. The quantitative estimate of drug-likeness (QED) is 0.662. The minimum Gasteiger partial charge on any atom is -0.305 e. The molecule has 2 aromatic rings. The smallest absolute Gasteiger partial charge is 0.274 e. The van der Waals surface area contributed by atoms with Crippen molar-refractivity contribution < 1.29 is 4.92 Å². The maximum absolute atomic E-state index is 11.0. The molecule has 1 aromatic heterocycles. The highest BCUT2D eigenvalue weighted by molar-refractivity contribution is 5.39. The Morgan fingerprint density at radius 1 is 1.33 bits per heavy atom. The molecule has 8 heteroatoms. The van der Waals surface area contributed by atoms with E-state index in [1.165, 1.54) is 6.07 Å². The summed E-state index contributed by atoms with van der Waals surface area (Å²) < 4.78 is 1.57. The van der Waals surface area contributed by atoms with E-state index < -0.39 is 4.92 Å². The van der Waals surface area contributed by atoms with Gasteiger partial charge in [0.05, 0.1) is 23.6 Å². The molecule has 21 heavy (non-hydrogen) atoms. The maximum Gasteiger partial charge on any atom is 0.274 e. The molecule has 0 saturated heterocycles. The van der Waals surface area contributed by atoms with Gasteiger partial charge < -0.3 is 5.32 Å². The van der Waals surface area contributed by atoms with Gasteiger partial charge in [0.1, 0.15) is 0 Å². The maximum atomic E-state index is 11.0. The molecule has 112 valence electrons. The number of rotatable bonds is 5. The van der Waals surface area contributed by atoms with Gasteiger partial charge in [-0.1, -0.05) is 18.2 Å². The Kier molecular flexibility index (Phi) is 4.27. The highest BCUT2D eigenvalue weighted by Gasteiger charge is 2.16. The number of nitrogens with one attached hydrogen (secondary N) is 1. The topological polar surface area (TPSA) is 98.8 Å². The van der Waals surface area contributed by atoms with E-state index in [-0.39, 0.29) is 17.8 Å². The van der Waals surface area contributed by atoms with E-state index in [0.717, 1.165) is 0 Å². The molecule has 0 aliphatic heterocycles. The summed E-state index contributed by atoms with van der Waals surface area (Å²) >= 11 is 0. The number of aromatic nitrogens is 4. The molecule has 0 amide bonds. The molecule has 2 rings (SSSR count). The minimum atomic E-state index is -0.396. The van der Waals surface area contributed by atoms with Crippen LogP contribution in [0.2, 0.25) is 0 Å². The standard InChI is InChI=1S/C13H18N6O2/c1-13(2,3)14-8-12-15-16-17-18(12)9-10-6-4-5-7-11(10)19(20)21/h4-7,14H,8-9H2,1-3H3. The summed E-state index contributed by atoms with van der Waals surface area (Å²) in [6.07, 6.45) is 0. The van der Waals surface area contributed by atoms with E-state index in [2.05, 4.69) is 20.8 Å². The Morgan fingerprint density at radius 3 is 2.71 bits per heavy atom. The fourth-order valence-electron chi connectivity index (χ4n) is 1.80. The van der Waals surface area contributed by atoms with E-state index >= 15 is 0 Å². The van der Waals surface area contributed by atoms with Gasteiger partial charge in [-0.2, -0.15) is 0 Å². The average Bonchev–Trinajstić information content (AvgIpc) is 2.83. The minimum absolute atomic E-state index is 0.0600. The van der Waals surface area contributed by atoms with Crippen molar-refractivity contribution in [3.63, 3.8) is 0 Å². The van der Waals surface area contributed by atoms with Gasteiger partial charge in [0.15, 0.2) is 5.82 Å². The third-order valence-corrected chi connectivity index (χ3v) is 2.89. The van der Waals surface area contributed by atoms with Crippen LogP contribution in [-0.2, 0) is 13.1 Å². The van der Waals surface area contributed by atoms with Crippen molar-refractivity contribution in [3.8, 4) is 0 Å². The van der Waals surface area contributed by atoms with E-state index in [4.69, 9.17) is 0 Å². The Hall–Kier alpha value is -2.35. The summed E-state index contributed by atoms with van der Waals surface area (Å²) in [5.41, 5.74) is 0.588. The molecule has 1 N–H and O–H groups in total. The molecule has 0 unspecified atom stereocenters. The predicted molar refractivity (Wildman–Crippen MR) is 76.6 cm³/mol. The lowest BCUT2D eigenvalue weighted by molar-refractivity contribution is -0.385. The molecule has 0 bridgehead atoms. The van der Waals surface area contributed by atoms with Gasteiger partial charge in [-0.05, 0) is 31.2 Å². The van der Waals surface area contributed by atoms with Crippen LogP contribution < -0.4 is 5.32 Å². The van der Waals surface area contributed by atoms with Crippen molar-refractivity contribution in [3.05, 3.63) is 45.8 Å². The van der Waals surface area contributed by atoms with Crippen molar-refractivity contribution in [1.82, 2.24) is 25.5 Å². The summed E-state index contributed by atoms with van der Waals surface area (Å²) in [7, 11) is 0. The number of benzene rings is 1. The van der Waals surface area contributed by atoms with E-state index in [0.29, 0.717) is 17.9 Å². The number of hydrogen-bond acceptors (Lipinski definition) is 6. The van der Waals surface area contributed by atoms with Crippen molar-refractivity contribution in [1.29, 1.82) is 0 Å². The van der Waals surface area contributed by atoms with Crippen LogP contribution in [0.4, 0.5) is 5.69 Å². The first-order valence-corrected chi connectivity index (χ1v) is 6.59. The third kappa shape index (κ3) is 4.06. The zero-order chi connectivity index (χ0) is 15.5. The fourth-order valence-corrected chi connectivity index (χ4v) is 1.80. The fraction of sp³-hybridized carbons (Fsp3) is 0.462. The van der Waals surface area contributed by atoms with Gasteiger partial charge in [0.2, 0.25) is 0 Å². The first kappa shape index (κ1) is 15.0. The Balaban J connectivity index is 2.18. The zero-order valence-corrected chi connectivity index (χ0v) is 12.3. The van der Waals surface area contributed by atoms with Crippen molar-refractivity contribution in [2.75, 3.05) is 0 Å². The second-order valence-corrected chi connectivity index (χ2v) is 5.74. The number of nitro groups is 1. The Morgan fingerprint density at radius 2 is 2.05 bits per heavy atom. The van der Waals surface area contributed by atoms with E-state index in [1.54, 1.807) is 22.9 Å². The summed E-state index contributed by atoms with van der Waals surface area (Å²) in [5, 5.41) is 25.8. The molecule has 0 fully saturated rings. The van der Waals surface area contributed by atoms with Gasteiger partial charge in [0, 0.05) is 11.6 Å². The molecular formula is C13H18N6O2. The zero-order valence-electron chi connectivity index (χ0n) is 12.3. The SMILES string of the molecule is CC(C)(C)NCc1nnnn1Cc1ccccc1[N+](=O)[O-]. The Labute approximate surface area is 122 Å². The molecular weight excluding hydrogens is 272 g/mol. The number of nitrogens with zero attached hydrogens (tertiary/aromatic N) is 5. The average molecular weight is 290 g/mol. The summed E-state index contributed by atoms with van der Waals surface area (Å²) in [5.74, 6) is 0.642. The molecule has 1 aromatic carbocycles. The van der Waals surface area contributed by atoms with Crippen LogP contribution in [0, 0.1) is 10.1 Å². The highest BCUT2D eigenvalue weighted by Crippen LogP contribution is 2.18. The van der Waals surface area contributed by atoms with Crippen LogP contribution in [0.1, 0.15) is 32.2 Å². The van der Waals surface area contributed by atoms with Crippen LogP contribution in [0.15, 0.2) is 24.3 Å². The third-order valence-electron chi connectivity index (χ3n) is 2.89. The second kappa shape index (κ2) is 5.96. The normalized spacial score (nSPS) is 11.6. The van der Waals surface area contributed by atoms with Crippen LogP contribution in [-0.4, -0.2) is 30.7 Å². The first-order chi connectivity index (χ1) is 9.87. The molecule has 0 saturated carbocycles. The van der Waals surface area contributed by atoms with Gasteiger partial charge in [0.25, 0.3) is 5.69 Å². The van der Waals surface area contributed by atoms with Crippen molar-refractivity contribution >= 4 is 5.69 Å². The Bertz CT molecular complexity index is 632. The molecule has 0 aliphatic carbocycles. The van der Waals surface area contributed by atoms with Crippen LogP contribution in [0.3, 0.4) is 0 Å². The van der Waals surface area contributed by atoms with E-state index in [9.17, 15) is 10.1 Å². The predicted octanol–water partition coefficient (Wildman–Crippen LogP) is 1.52. The van der Waals surface area contributed by atoms with Gasteiger partial charge in [-0.15, -0.1) is 5.10 Å². The number of hydrogen-bond donors (Lipinski definition) is 1. The largest absolute Gasteiger partial charge is 0.305 e. The molecule has 0 spiro atoms. The van der Waals surface area contributed by atoms with Crippen LogP contribution >= 0.6 is 0 Å². The lowest BCUT2D eigenvalue weighted by Crippen LogP contribution is -2.36. The van der Waals surface area contributed by atoms with Gasteiger partial charge in [-0.3, -0.25) is 10.1 Å². The number of tetrazole rings is 1. The molecule has 1 heterocycles. The monoisotopic (exact) mass is 290 g/mol. The number of para-hydroxylation sites is 1. The highest BCUT2D eigenvalue weighted by atomic mass is 16.6. The second-order valence-electron chi connectivity index (χ2n) is 5.74. The molecule has 0 atom stereocenters. The number of nitro benzene ring substituents is 1. The first-order valence-electron chi connectivity index (χ1n) is 6.59. The van der Waals surface area contributed by atoms with Gasteiger partial charge in [-0.25, -0.2) is 4.68 Å². The molecule has 0 radical (unpaired) electrons. The summed E-state index contributed by atoms with van der Waals surface area (Å²) in [6.45, 7) is 6.90. The van der Waals surface area contributed by atoms with Crippen molar-refractivity contribution in [2.45, 2.75) is 39.4 Å². The van der Waals surface area contributed by atoms with Crippen LogP contribution in [0.5, 0.6) is 0 Å². The summed E-state index contributed by atoms with van der Waals surface area (Å²) in [6, 6.07) is 6.59. The van der Waals surface area contributed by atoms with E-state index in [1.807, 2.05) is 20.8 Å². The lowest BCUT2D eigenvalue weighted by Gasteiger charge is -2.19.